The average molecular weight is 192 g/mol. The van der Waals surface area contributed by atoms with E-state index in [4.69, 9.17) is 11.0 Å². The first-order chi connectivity index (χ1) is 6.83. The lowest BCUT2D eigenvalue weighted by atomic mass is 10.2. The van der Waals surface area contributed by atoms with Crippen molar-refractivity contribution in [2.75, 3.05) is 6.54 Å². The van der Waals surface area contributed by atoms with Crippen LogP contribution in [0.1, 0.15) is 12.1 Å². The van der Waals surface area contributed by atoms with Crippen LogP contribution < -0.4 is 11.1 Å². The minimum absolute atomic E-state index is 0.164. The van der Waals surface area contributed by atoms with Gasteiger partial charge in [-0.1, -0.05) is 0 Å². The van der Waals surface area contributed by atoms with Gasteiger partial charge in [0.2, 0.25) is 5.96 Å². The zero-order valence-corrected chi connectivity index (χ0v) is 7.70. The van der Waals surface area contributed by atoms with Gasteiger partial charge in [0.15, 0.2) is 6.19 Å². The number of imidazole rings is 1. The summed E-state index contributed by atoms with van der Waals surface area (Å²) in [5, 5.41) is 10.5. The maximum Gasteiger partial charge on any atom is 0.202 e. The maximum absolute atomic E-state index is 8.21. The van der Waals surface area contributed by atoms with Crippen LogP contribution in [0, 0.1) is 11.5 Å². The van der Waals surface area contributed by atoms with E-state index in [1.165, 1.54) is 0 Å². The van der Waals surface area contributed by atoms with Crippen LogP contribution in [0.5, 0.6) is 0 Å². The molecule has 14 heavy (non-hydrogen) atoms. The van der Waals surface area contributed by atoms with Crippen LogP contribution in [0.15, 0.2) is 17.5 Å². The molecule has 6 heteroatoms. The van der Waals surface area contributed by atoms with Gasteiger partial charge in [0.25, 0.3) is 0 Å². The summed E-state index contributed by atoms with van der Waals surface area (Å²) in [6.07, 6.45) is 6.87. The van der Waals surface area contributed by atoms with Crippen molar-refractivity contribution in [3.05, 3.63) is 18.2 Å². The van der Waals surface area contributed by atoms with E-state index in [1.807, 2.05) is 0 Å². The van der Waals surface area contributed by atoms with Crippen LogP contribution in [0.2, 0.25) is 0 Å². The van der Waals surface area contributed by atoms with Crippen molar-refractivity contribution in [2.24, 2.45) is 10.7 Å². The first kappa shape index (κ1) is 10.1. The van der Waals surface area contributed by atoms with Crippen LogP contribution >= 0.6 is 0 Å². The Kier molecular flexibility index (Phi) is 4.01. The van der Waals surface area contributed by atoms with Gasteiger partial charge >= 0.3 is 0 Å². The molecule has 0 radical (unpaired) electrons. The molecule has 0 atom stereocenters. The molecule has 0 aromatic carbocycles. The maximum atomic E-state index is 8.21. The van der Waals surface area contributed by atoms with Crippen LogP contribution in [0.3, 0.4) is 0 Å². The summed E-state index contributed by atoms with van der Waals surface area (Å²) in [5.41, 5.74) is 6.42. The van der Waals surface area contributed by atoms with Gasteiger partial charge in [-0.3, -0.25) is 10.3 Å². The molecule has 4 N–H and O–H groups in total. The van der Waals surface area contributed by atoms with Crippen LogP contribution in [-0.2, 0) is 6.42 Å². The topological polar surface area (TPSA) is 103 Å². The van der Waals surface area contributed by atoms with E-state index in [1.54, 1.807) is 18.7 Å². The Bertz CT molecular complexity index is 320. The van der Waals surface area contributed by atoms with Crippen LogP contribution in [-0.4, -0.2) is 22.5 Å². The molecule has 0 amide bonds. The fraction of sp³-hybridized carbons (Fsp3) is 0.375. The van der Waals surface area contributed by atoms with Crippen molar-refractivity contribution in [3.8, 4) is 6.19 Å². The van der Waals surface area contributed by atoms with E-state index >= 15 is 0 Å². The highest BCUT2D eigenvalue weighted by molar-refractivity contribution is 5.79. The van der Waals surface area contributed by atoms with E-state index in [-0.39, 0.29) is 5.96 Å². The molecule has 74 valence electrons. The predicted molar refractivity (Wildman–Crippen MR) is 52.1 cm³/mol. The molecule has 1 aromatic heterocycles. The SMILES string of the molecule is N#CNC(N)=NCCCc1cnc[nH]1. The summed E-state index contributed by atoms with van der Waals surface area (Å²) in [6.45, 7) is 0.597. The summed E-state index contributed by atoms with van der Waals surface area (Å²) in [5.74, 6) is 0.164. The zero-order valence-electron chi connectivity index (χ0n) is 7.70. The van der Waals surface area contributed by atoms with Gasteiger partial charge in [-0.15, -0.1) is 0 Å². The Morgan fingerprint density at radius 3 is 3.29 bits per heavy atom. The molecule has 1 heterocycles. The molecule has 0 saturated carbocycles. The number of rotatable bonds is 4. The molecule has 0 saturated heterocycles. The molecule has 1 aromatic rings. The van der Waals surface area contributed by atoms with E-state index in [2.05, 4.69) is 20.3 Å². The van der Waals surface area contributed by atoms with Crippen molar-refractivity contribution in [1.29, 1.82) is 5.26 Å². The number of nitrogens with zero attached hydrogens (tertiary/aromatic N) is 3. The van der Waals surface area contributed by atoms with Gasteiger partial charge in [-0.05, 0) is 12.8 Å². The summed E-state index contributed by atoms with van der Waals surface area (Å²) in [7, 11) is 0. The molecule has 0 aliphatic rings. The Morgan fingerprint density at radius 1 is 1.79 bits per heavy atom. The second-order valence-corrected chi connectivity index (χ2v) is 2.68. The van der Waals surface area contributed by atoms with Gasteiger partial charge < -0.3 is 10.7 Å². The van der Waals surface area contributed by atoms with Crippen molar-refractivity contribution < 1.29 is 0 Å². The molecule has 0 unspecified atom stereocenters. The first-order valence-electron chi connectivity index (χ1n) is 4.25. The molecule has 0 bridgehead atoms. The second-order valence-electron chi connectivity index (χ2n) is 2.68. The zero-order chi connectivity index (χ0) is 10.2. The van der Waals surface area contributed by atoms with E-state index in [0.29, 0.717) is 6.54 Å². The van der Waals surface area contributed by atoms with Crippen molar-refractivity contribution in [2.45, 2.75) is 12.8 Å². The third-order valence-corrected chi connectivity index (χ3v) is 1.63. The lowest BCUT2D eigenvalue weighted by Gasteiger charge is -1.96. The van der Waals surface area contributed by atoms with Crippen LogP contribution in [0.25, 0.3) is 0 Å². The van der Waals surface area contributed by atoms with E-state index < -0.39 is 0 Å². The average Bonchev–Trinajstić information content (AvgIpc) is 2.65. The van der Waals surface area contributed by atoms with Crippen molar-refractivity contribution in [3.63, 3.8) is 0 Å². The highest BCUT2D eigenvalue weighted by atomic mass is 15.1. The van der Waals surface area contributed by atoms with E-state index in [0.717, 1.165) is 18.5 Å². The Balaban J connectivity index is 2.17. The normalized spacial score (nSPS) is 10.9. The minimum Gasteiger partial charge on any atom is -0.369 e. The van der Waals surface area contributed by atoms with Gasteiger partial charge in [0.1, 0.15) is 0 Å². The number of nitrogens with two attached hydrogens (primary N) is 1. The number of H-pyrrole nitrogens is 1. The largest absolute Gasteiger partial charge is 0.369 e. The Labute approximate surface area is 81.9 Å². The molecule has 6 nitrogen and oxygen atoms in total. The van der Waals surface area contributed by atoms with Crippen molar-refractivity contribution >= 4 is 5.96 Å². The summed E-state index contributed by atoms with van der Waals surface area (Å²) < 4.78 is 0. The summed E-state index contributed by atoms with van der Waals surface area (Å²) in [6, 6.07) is 0. The molecule has 0 aliphatic carbocycles. The van der Waals surface area contributed by atoms with Crippen LogP contribution in [0.4, 0.5) is 0 Å². The molecule has 1 rings (SSSR count). The molecule has 0 spiro atoms. The molecule has 0 fully saturated rings. The smallest absolute Gasteiger partial charge is 0.202 e. The fourth-order valence-electron chi connectivity index (χ4n) is 0.987. The quantitative estimate of drug-likeness (QED) is 0.201. The molecular formula is C8H12N6. The third kappa shape index (κ3) is 3.58. The van der Waals surface area contributed by atoms with E-state index in [9.17, 15) is 0 Å². The standard InChI is InChI=1S/C8H12N6/c9-5-13-8(10)12-3-1-2-7-4-11-6-14-7/h4,6H,1-3H2,(H,11,14)(H3,10,12,13). The number of aryl methyl sites for hydroxylation is 1. The highest BCUT2D eigenvalue weighted by Gasteiger charge is 1.93. The number of hydrogen-bond donors (Lipinski definition) is 3. The lowest BCUT2D eigenvalue weighted by molar-refractivity contribution is 0.812. The Morgan fingerprint density at radius 2 is 2.64 bits per heavy atom. The number of nitriles is 1. The predicted octanol–water partition coefficient (Wildman–Crippen LogP) is -0.272. The third-order valence-electron chi connectivity index (χ3n) is 1.63. The number of hydrogen-bond acceptors (Lipinski definition) is 3. The minimum atomic E-state index is 0.164. The fourth-order valence-corrected chi connectivity index (χ4v) is 0.987. The highest BCUT2D eigenvalue weighted by Crippen LogP contribution is 1.96. The van der Waals surface area contributed by atoms with Gasteiger partial charge in [-0.25, -0.2) is 4.98 Å². The number of aliphatic imine (C=N–C) groups is 1. The number of guanidine groups is 1. The Hall–Kier alpha value is -2.03. The molecule has 0 aliphatic heterocycles. The molecular weight excluding hydrogens is 180 g/mol. The number of nitrogens with one attached hydrogen (secondary N) is 2. The monoisotopic (exact) mass is 192 g/mol. The van der Waals surface area contributed by atoms with Gasteiger partial charge in [-0.2, -0.15) is 5.26 Å². The van der Waals surface area contributed by atoms with Crippen molar-refractivity contribution in [1.82, 2.24) is 15.3 Å². The summed E-state index contributed by atoms with van der Waals surface area (Å²) in [4.78, 5) is 10.8. The number of aromatic nitrogens is 2. The number of aromatic amines is 1. The van der Waals surface area contributed by atoms with Gasteiger partial charge in [0.05, 0.1) is 6.33 Å². The summed E-state index contributed by atoms with van der Waals surface area (Å²) >= 11 is 0. The van der Waals surface area contributed by atoms with Gasteiger partial charge in [0, 0.05) is 18.4 Å². The first-order valence-corrected chi connectivity index (χ1v) is 4.25. The second kappa shape index (κ2) is 5.59. The lowest BCUT2D eigenvalue weighted by Crippen LogP contribution is -2.27.